The fourth-order valence-electron chi connectivity index (χ4n) is 3.36. The molecule has 16 heavy (non-hydrogen) atoms. The average molecular weight is 222 g/mol. The first-order chi connectivity index (χ1) is 7.49. The lowest BCUT2D eigenvalue weighted by Crippen LogP contribution is -2.24. The standard InChI is InChI=1S/C14H22O2/c1-10(16-11(2)15)6-7-14(3)9-12-4-5-13(14)8-12/h4-5,10,12-13H,6-9H2,1-3H3/t10-,12-,13+,14+/m0/s1. The highest BCUT2D eigenvalue weighted by atomic mass is 16.5. The van der Waals surface area contributed by atoms with Crippen LogP contribution < -0.4 is 0 Å². The minimum absolute atomic E-state index is 0.0671. The highest BCUT2D eigenvalue weighted by Gasteiger charge is 2.44. The first-order valence-electron chi connectivity index (χ1n) is 6.35. The third kappa shape index (κ3) is 2.31. The number of ether oxygens (including phenoxy) is 1. The van der Waals surface area contributed by atoms with E-state index in [1.54, 1.807) is 0 Å². The number of hydrogen-bond donors (Lipinski definition) is 0. The summed E-state index contributed by atoms with van der Waals surface area (Å²) in [7, 11) is 0. The van der Waals surface area contributed by atoms with Crippen LogP contribution in [0.25, 0.3) is 0 Å². The highest BCUT2D eigenvalue weighted by molar-refractivity contribution is 5.66. The lowest BCUT2D eigenvalue weighted by atomic mass is 9.74. The molecule has 0 spiro atoms. The van der Waals surface area contributed by atoms with E-state index in [2.05, 4.69) is 19.1 Å². The molecular weight excluding hydrogens is 200 g/mol. The van der Waals surface area contributed by atoms with Crippen molar-refractivity contribution in [3.05, 3.63) is 12.2 Å². The van der Waals surface area contributed by atoms with Crippen molar-refractivity contribution in [2.45, 2.75) is 52.6 Å². The van der Waals surface area contributed by atoms with Crippen molar-refractivity contribution in [3.63, 3.8) is 0 Å². The fourth-order valence-corrected chi connectivity index (χ4v) is 3.36. The number of rotatable bonds is 4. The minimum Gasteiger partial charge on any atom is -0.463 e. The zero-order valence-corrected chi connectivity index (χ0v) is 10.5. The van der Waals surface area contributed by atoms with Gasteiger partial charge in [0.15, 0.2) is 0 Å². The van der Waals surface area contributed by atoms with E-state index in [1.165, 1.54) is 26.2 Å². The Morgan fingerprint density at radius 3 is 2.81 bits per heavy atom. The Morgan fingerprint density at radius 1 is 1.56 bits per heavy atom. The van der Waals surface area contributed by atoms with Crippen LogP contribution in [0.15, 0.2) is 12.2 Å². The Labute approximate surface area is 98.1 Å². The number of carbonyl (C=O) groups excluding carboxylic acids is 1. The molecule has 2 bridgehead atoms. The van der Waals surface area contributed by atoms with Gasteiger partial charge in [0.2, 0.25) is 0 Å². The summed E-state index contributed by atoms with van der Waals surface area (Å²) in [5.74, 6) is 1.42. The summed E-state index contributed by atoms with van der Waals surface area (Å²) in [6, 6.07) is 0. The molecule has 2 rings (SSSR count). The molecule has 0 N–H and O–H groups in total. The third-order valence-electron chi connectivity index (χ3n) is 4.29. The van der Waals surface area contributed by atoms with Crippen molar-refractivity contribution in [3.8, 4) is 0 Å². The maximum absolute atomic E-state index is 10.8. The van der Waals surface area contributed by atoms with Crippen molar-refractivity contribution in [2.75, 3.05) is 0 Å². The van der Waals surface area contributed by atoms with Gasteiger partial charge >= 0.3 is 5.97 Å². The second kappa shape index (κ2) is 4.23. The zero-order chi connectivity index (χ0) is 11.8. The van der Waals surface area contributed by atoms with Crippen LogP contribution in [0.1, 0.15) is 46.5 Å². The van der Waals surface area contributed by atoms with E-state index < -0.39 is 0 Å². The Kier molecular flexibility index (Phi) is 3.09. The summed E-state index contributed by atoms with van der Waals surface area (Å²) >= 11 is 0. The van der Waals surface area contributed by atoms with Crippen molar-refractivity contribution in [2.24, 2.45) is 17.3 Å². The lowest BCUT2D eigenvalue weighted by molar-refractivity contribution is -0.146. The summed E-state index contributed by atoms with van der Waals surface area (Å²) in [5, 5.41) is 0. The molecule has 0 saturated heterocycles. The van der Waals surface area contributed by atoms with Gasteiger partial charge in [-0.3, -0.25) is 4.79 Å². The van der Waals surface area contributed by atoms with Crippen LogP contribution in [0.3, 0.4) is 0 Å². The first-order valence-corrected chi connectivity index (χ1v) is 6.35. The maximum atomic E-state index is 10.8. The zero-order valence-electron chi connectivity index (χ0n) is 10.5. The van der Waals surface area contributed by atoms with Gasteiger partial charge in [-0.1, -0.05) is 19.1 Å². The number of fused-ring (bicyclic) bond motifs is 2. The SMILES string of the molecule is CC(=O)O[C@@H](C)CC[C@]1(C)C[C@H]2C=C[C@@H]1C2. The molecule has 90 valence electrons. The van der Waals surface area contributed by atoms with Gasteiger partial charge in [-0.25, -0.2) is 0 Å². The molecule has 0 heterocycles. The molecule has 0 aromatic carbocycles. The van der Waals surface area contributed by atoms with Crippen LogP contribution in [0.4, 0.5) is 0 Å². The van der Waals surface area contributed by atoms with Crippen LogP contribution in [0.2, 0.25) is 0 Å². The van der Waals surface area contributed by atoms with Crippen LogP contribution in [-0.4, -0.2) is 12.1 Å². The maximum Gasteiger partial charge on any atom is 0.302 e. The largest absolute Gasteiger partial charge is 0.463 e. The van der Waals surface area contributed by atoms with Gasteiger partial charge in [0, 0.05) is 6.92 Å². The molecule has 2 heteroatoms. The molecule has 4 atom stereocenters. The van der Waals surface area contributed by atoms with Crippen LogP contribution in [-0.2, 0) is 9.53 Å². The second-order valence-electron chi connectivity index (χ2n) is 5.80. The van der Waals surface area contributed by atoms with Crippen molar-refractivity contribution in [1.29, 1.82) is 0 Å². The minimum atomic E-state index is -0.162. The Hall–Kier alpha value is -0.790. The first kappa shape index (κ1) is 11.7. The van der Waals surface area contributed by atoms with E-state index in [9.17, 15) is 4.79 Å². The molecule has 0 radical (unpaired) electrons. The van der Waals surface area contributed by atoms with E-state index in [4.69, 9.17) is 4.74 Å². The summed E-state index contributed by atoms with van der Waals surface area (Å²) in [6.07, 6.45) is 9.67. The van der Waals surface area contributed by atoms with Crippen LogP contribution in [0.5, 0.6) is 0 Å². The lowest BCUT2D eigenvalue weighted by Gasteiger charge is -2.32. The number of esters is 1. The fraction of sp³-hybridized carbons (Fsp3) is 0.786. The van der Waals surface area contributed by atoms with E-state index in [0.717, 1.165) is 18.3 Å². The normalized spacial score (nSPS) is 37.7. The molecule has 1 saturated carbocycles. The molecule has 0 unspecified atom stereocenters. The van der Waals surface area contributed by atoms with Crippen LogP contribution in [0, 0.1) is 17.3 Å². The Morgan fingerprint density at radius 2 is 2.31 bits per heavy atom. The average Bonchev–Trinajstić information content (AvgIpc) is 2.73. The molecule has 0 aliphatic heterocycles. The Balaban J connectivity index is 1.82. The van der Waals surface area contributed by atoms with Gasteiger partial charge in [-0.05, 0) is 49.9 Å². The summed E-state index contributed by atoms with van der Waals surface area (Å²) in [4.78, 5) is 10.8. The van der Waals surface area contributed by atoms with Crippen molar-refractivity contribution >= 4 is 5.97 Å². The molecule has 0 aromatic rings. The smallest absolute Gasteiger partial charge is 0.302 e. The van der Waals surface area contributed by atoms with E-state index >= 15 is 0 Å². The van der Waals surface area contributed by atoms with E-state index in [-0.39, 0.29) is 12.1 Å². The van der Waals surface area contributed by atoms with Gasteiger partial charge in [-0.15, -0.1) is 0 Å². The molecular formula is C14H22O2. The summed E-state index contributed by atoms with van der Waals surface area (Å²) in [5.41, 5.74) is 0.452. The molecule has 1 fully saturated rings. The highest BCUT2D eigenvalue weighted by Crippen LogP contribution is 2.54. The topological polar surface area (TPSA) is 26.3 Å². The quantitative estimate of drug-likeness (QED) is 0.539. The second-order valence-corrected chi connectivity index (χ2v) is 5.80. The van der Waals surface area contributed by atoms with Crippen molar-refractivity contribution < 1.29 is 9.53 Å². The number of allylic oxidation sites excluding steroid dienone is 2. The van der Waals surface area contributed by atoms with Gasteiger partial charge in [-0.2, -0.15) is 0 Å². The number of hydrogen-bond acceptors (Lipinski definition) is 2. The molecule has 0 aromatic heterocycles. The molecule has 2 nitrogen and oxygen atoms in total. The van der Waals surface area contributed by atoms with Gasteiger partial charge in [0.25, 0.3) is 0 Å². The van der Waals surface area contributed by atoms with E-state index in [1.807, 2.05) is 6.92 Å². The molecule has 2 aliphatic rings. The number of carbonyl (C=O) groups is 1. The predicted octanol–water partition coefficient (Wildman–Crippen LogP) is 3.32. The Bertz CT molecular complexity index is 308. The van der Waals surface area contributed by atoms with E-state index in [0.29, 0.717) is 5.41 Å². The monoisotopic (exact) mass is 222 g/mol. The van der Waals surface area contributed by atoms with Crippen LogP contribution >= 0.6 is 0 Å². The van der Waals surface area contributed by atoms with Crippen molar-refractivity contribution in [1.82, 2.24) is 0 Å². The predicted molar refractivity (Wildman–Crippen MR) is 63.9 cm³/mol. The summed E-state index contributed by atoms with van der Waals surface area (Å²) in [6.45, 7) is 5.87. The molecule has 0 amide bonds. The molecule has 2 aliphatic carbocycles. The van der Waals surface area contributed by atoms with Gasteiger partial charge in [0.05, 0.1) is 6.10 Å². The third-order valence-corrected chi connectivity index (χ3v) is 4.29. The summed E-state index contributed by atoms with van der Waals surface area (Å²) < 4.78 is 5.18. The van der Waals surface area contributed by atoms with Gasteiger partial charge in [0.1, 0.15) is 0 Å². The van der Waals surface area contributed by atoms with Gasteiger partial charge < -0.3 is 4.74 Å².